The van der Waals surface area contributed by atoms with Crippen LogP contribution in [0.3, 0.4) is 0 Å². The number of benzene rings is 3. The molecular weight excluding hydrogens is 454 g/mol. The van der Waals surface area contributed by atoms with Gasteiger partial charge >= 0.3 is 5.97 Å². The maximum atomic E-state index is 13.0. The van der Waals surface area contributed by atoms with Gasteiger partial charge in [-0.25, -0.2) is 4.98 Å². The molecule has 1 N–H and O–H groups in total. The number of rotatable bonds is 6. The number of amides is 1. The number of hydrogen-bond acceptors (Lipinski definition) is 5. The fourth-order valence-corrected chi connectivity index (χ4v) is 3.87. The van der Waals surface area contributed by atoms with Crippen molar-refractivity contribution in [2.75, 3.05) is 7.11 Å². The van der Waals surface area contributed by atoms with Gasteiger partial charge in [-0.2, -0.15) is 0 Å². The number of aryl methyl sites for hydroxylation is 1. The summed E-state index contributed by atoms with van der Waals surface area (Å²) in [6.45, 7) is 1.76. The Bertz CT molecular complexity index is 1410. The topological polar surface area (TPSA) is 90.3 Å². The molecule has 0 bridgehead atoms. The first-order chi connectivity index (χ1) is 16.4. The summed E-state index contributed by atoms with van der Waals surface area (Å²) >= 11 is 5.96. The van der Waals surface area contributed by atoms with Crippen LogP contribution >= 0.6 is 11.6 Å². The van der Waals surface area contributed by atoms with Crippen molar-refractivity contribution in [2.45, 2.75) is 19.4 Å². The summed E-state index contributed by atoms with van der Waals surface area (Å²) in [6.07, 6.45) is -0.0285. The van der Waals surface area contributed by atoms with Crippen LogP contribution in [0.15, 0.2) is 77.6 Å². The summed E-state index contributed by atoms with van der Waals surface area (Å²) in [5, 5.41) is 3.95. The van der Waals surface area contributed by atoms with E-state index >= 15 is 0 Å². The molecule has 1 heterocycles. The molecule has 1 aromatic heterocycles. The van der Waals surface area contributed by atoms with Gasteiger partial charge in [0.15, 0.2) is 0 Å². The first-order valence-corrected chi connectivity index (χ1v) is 11.0. The van der Waals surface area contributed by atoms with E-state index in [2.05, 4.69) is 10.3 Å². The zero-order valence-electron chi connectivity index (χ0n) is 18.6. The molecule has 4 rings (SSSR count). The van der Waals surface area contributed by atoms with Crippen molar-refractivity contribution in [1.29, 1.82) is 0 Å². The number of methoxy groups -OCH3 is 1. The predicted molar refractivity (Wildman–Crippen MR) is 130 cm³/mol. The summed E-state index contributed by atoms with van der Waals surface area (Å²) in [6, 6.07) is 20.1. The van der Waals surface area contributed by atoms with E-state index in [1.807, 2.05) is 6.07 Å². The van der Waals surface area contributed by atoms with Gasteiger partial charge in [0.25, 0.3) is 11.5 Å². The summed E-state index contributed by atoms with van der Waals surface area (Å²) in [4.78, 5) is 42.4. The zero-order chi connectivity index (χ0) is 24.2. The van der Waals surface area contributed by atoms with E-state index in [0.29, 0.717) is 33.0 Å². The number of carbonyl (C=O) groups is 2. The molecule has 7 nitrogen and oxygen atoms in total. The van der Waals surface area contributed by atoms with E-state index in [1.165, 1.54) is 11.7 Å². The normalized spacial score (nSPS) is 11.7. The summed E-state index contributed by atoms with van der Waals surface area (Å²) in [7, 11) is 1.30. The second-order valence-electron chi connectivity index (χ2n) is 7.72. The minimum atomic E-state index is -0.591. The van der Waals surface area contributed by atoms with Crippen molar-refractivity contribution in [1.82, 2.24) is 14.9 Å². The first kappa shape index (κ1) is 23.2. The highest BCUT2D eigenvalue weighted by molar-refractivity contribution is 6.30. The number of nitrogens with one attached hydrogen (secondary N) is 1. The minimum absolute atomic E-state index is 0.0285. The highest BCUT2D eigenvalue weighted by Crippen LogP contribution is 2.21. The molecule has 0 aliphatic carbocycles. The molecule has 1 atom stereocenters. The molecule has 3 aromatic carbocycles. The molecular formula is C26H22ClN3O4. The van der Waals surface area contributed by atoms with Crippen molar-refractivity contribution in [3.05, 3.63) is 105 Å². The van der Waals surface area contributed by atoms with Crippen LogP contribution < -0.4 is 10.9 Å². The van der Waals surface area contributed by atoms with E-state index in [4.69, 9.17) is 16.3 Å². The van der Waals surface area contributed by atoms with E-state index < -0.39 is 12.0 Å². The Morgan fingerprint density at radius 1 is 1.03 bits per heavy atom. The summed E-state index contributed by atoms with van der Waals surface area (Å²) < 4.78 is 6.29. The van der Waals surface area contributed by atoms with E-state index in [-0.39, 0.29) is 17.9 Å². The molecule has 172 valence electrons. The van der Waals surface area contributed by atoms with Crippen LogP contribution in [-0.4, -0.2) is 28.5 Å². The number of fused-ring (bicyclic) bond motifs is 1. The number of halogens is 1. The van der Waals surface area contributed by atoms with Crippen LogP contribution in [0.1, 0.15) is 34.2 Å². The first-order valence-electron chi connectivity index (χ1n) is 10.6. The lowest BCUT2D eigenvalue weighted by molar-refractivity contribution is -0.141. The van der Waals surface area contributed by atoms with Gasteiger partial charge in [0.2, 0.25) is 0 Å². The van der Waals surface area contributed by atoms with Crippen molar-refractivity contribution < 1.29 is 14.3 Å². The van der Waals surface area contributed by atoms with Crippen LogP contribution in [0, 0.1) is 6.92 Å². The largest absolute Gasteiger partial charge is 0.469 e. The molecule has 0 aliphatic heterocycles. The molecule has 1 unspecified atom stereocenters. The molecule has 1 amide bonds. The number of esters is 1. The Hall–Kier alpha value is -3.97. The fraction of sp³-hybridized carbons (Fsp3) is 0.154. The minimum Gasteiger partial charge on any atom is -0.469 e. The highest BCUT2D eigenvalue weighted by Gasteiger charge is 2.20. The Balaban J connectivity index is 1.60. The Labute approximate surface area is 201 Å². The quantitative estimate of drug-likeness (QED) is 0.418. The molecule has 0 radical (unpaired) electrons. The van der Waals surface area contributed by atoms with Gasteiger partial charge in [-0.05, 0) is 61.0 Å². The van der Waals surface area contributed by atoms with E-state index in [0.717, 1.165) is 5.56 Å². The third-order valence-corrected chi connectivity index (χ3v) is 5.76. The van der Waals surface area contributed by atoms with Gasteiger partial charge in [0.1, 0.15) is 5.82 Å². The molecule has 34 heavy (non-hydrogen) atoms. The Kier molecular flexibility index (Phi) is 6.75. The van der Waals surface area contributed by atoms with E-state index in [9.17, 15) is 14.4 Å². The lowest BCUT2D eigenvalue weighted by Crippen LogP contribution is -2.30. The van der Waals surface area contributed by atoms with Gasteiger partial charge in [-0.3, -0.25) is 19.0 Å². The average Bonchev–Trinajstić information content (AvgIpc) is 2.84. The number of aromatic nitrogens is 2. The molecule has 0 fully saturated rings. The van der Waals surface area contributed by atoms with Crippen molar-refractivity contribution >= 4 is 34.4 Å². The maximum Gasteiger partial charge on any atom is 0.307 e. The van der Waals surface area contributed by atoms with Crippen LogP contribution in [0.25, 0.3) is 16.6 Å². The number of hydrogen-bond donors (Lipinski definition) is 1. The maximum absolute atomic E-state index is 13.0. The van der Waals surface area contributed by atoms with Crippen molar-refractivity contribution in [3.8, 4) is 5.69 Å². The molecule has 0 saturated heterocycles. The smallest absolute Gasteiger partial charge is 0.307 e. The molecule has 0 aliphatic rings. The molecule has 0 saturated carbocycles. The van der Waals surface area contributed by atoms with Gasteiger partial charge in [-0.15, -0.1) is 0 Å². The third-order valence-electron chi connectivity index (χ3n) is 5.51. The molecule has 0 spiro atoms. The van der Waals surface area contributed by atoms with Crippen LogP contribution in [0.2, 0.25) is 5.02 Å². The number of ether oxygens (including phenoxy) is 1. The lowest BCUT2D eigenvalue weighted by atomic mass is 10.0. The molecule has 8 heteroatoms. The number of carbonyl (C=O) groups excluding carboxylic acids is 2. The molecule has 4 aromatic rings. The average molecular weight is 476 g/mol. The summed E-state index contributed by atoms with van der Waals surface area (Å²) in [5.41, 5.74) is 2.16. The van der Waals surface area contributed by atoms with Crippen molar-refractivity contribution in [2.24, 2.45) is 0 Å². The standard InChI is InChI=1S/C26H22ClN3O4/c1-16-28-22-6-4-3-5-21(22)26(33)30(16)20-13-9-18(10-14-20)25(32)29-23(15-24(31)34-2)17-7-11-19(27)12-8-17/h3-14,23H,15H2,1-2H3,(H,29,32). The van der Waals surface area contributed by atoms with Crippen LogP contribution in [0.5, 0.6) is 0 Å². The summed E-state index contributed by atoms with van der Waals surface area (Å²) in [5.74, 6) is -0.271. The highest BCUT2D eigenvalue weighted by atomic mass is 35.5. The van der Waals surface area contributed by atoms with Gasteiger partial charge in [0.05, 0.1) is 36.2 Å². The Morgan fingerprint density at radius 2 is 1.71 bits per heavy atom. The van der Waals surface area contributed by atoms with Gasteiger partial charge in [-0.1, -0.05) is 35.9 Å². The lowest BCUT2D eigenvalue weighted by Gasteiger charge is -2.19. The van der Waals surface area contributed by atoms with Crippen molar-refractivity contribution in [3.63, 3.8) is 0 Å². The SMILES string of the molecule is COC(=O)CC(NC(=O)c1ccc(-n2c(C)nc3ccccc3c2=O)cc1)c1ccc(Cl)cc1. The zero-order valence-corrected chi connectivity index (χ0v) is 19.4. The van der Waals surface area contributed by atoms with Crippen LogP contribution in [0.4, 0.5) is 0 Å². The second kappa shape index (κ2) is 9.89. The van der Waals surface area contributed by atoms with Gasteiger partial charge in [0, 0.05) is 10.6 Å². The monoisotopic (exact) mass is 475 g/mol. The number of nitrogens with zero attached hydrogens (tertiary/aromatic N) is 2. The van der Waals surface area contributed by atoms with Gasteiger partial charge < -0.3 is 10.1 Å². The Morgan fingerprint density at radius 3 is 2.38 bits per heavy atom. The number of para-hydroxylation sites is 1. The third kappa shape index (κ3) is 4.84. The van der Waals surface area contributed by atoms with E-state index in [1.54, 1.807) is 73.7 Å². The van der Waals surface area contributed by atoms with Crippen LogP contribution in [-0.2, 0) is 9.53 Å². The second-order valence-corrected chi connectivity index (χ2v) is 8.16. The fourth-order valence-electron chi connectivity index (χ4n) is 3.75. The predicted octanol–water partition coefficient (Wildman–Crippen LogP) is 4.38.